The molecule has 0 bridgehead atoms. The van der Waals surface area contributed by atoms with E-state index in [1.165, 1.54) is 0 Å². The number of carbonyl (C=O) groups is 6. The number of likely N-dealkylation sites (tertiary alicyclic amines) is 1. The van der Waals surface area contributed by atoms with Crippen molar-refractivity contribution in [3.05, 3.63) is 95.7 Å². The van der Waals surface area contributed by atoms with Crippen LogP contribution < -0.4 is 16.4 Å². The quantitative estimate of drug-likeness (QED) is 0.115. The van der Waals surface area contributed by atoms with Crippen LogP contribution >= 0.6 is 0 Å². The van der Waals surface area contributed by atoms with Crippen LogP contribution in [0, 0.1) is 11.8 Å². The van der Waals surface area contributed by atoms with Crippen molar-refractivity contribution >= 4 is 46.3 Å². The molecule has 1 aliphatic heterocycles. The molecule has 58 heavy (non-hydrogen) atoms. The number of aromatic nitrogens is 2. The van der Waals surface area contributed by atoms with E-state index >= 15 is 0 Å². The lowest BCUT2D eigenvalue weighted by Crippen LogP contribution is -2.46. The van der Waals surface area contributed by atoms with E-state index in [1.807, 2.05) is 85.6 Å². The van der Waals surface area contributed by atoms with Gasteiger partial charge >= 0.3 is 6.09 Å². The number of benzene rings is 3. The summed E-state index contributed by atoms with van der Waals surface area (Å²) in [6.45, 7) is 9.93. The molecule has 1 saturated heterocycles. The number of rotatable bonds is 17. The molecule has 1 aliphatic rings. The van der Waals surface area contributed by atoms with E-state index in [0.717, 1.165) is 35.0 Å². The average molecular weight is 793 g/mol. The highest BCUT2D eigenvalue weighted by Gasteiger charge is 2.30. The predicted molar refractivity (Wildman–Crippen MR) is 221 cm³/mol. The maximum absolute atomic E-state index is 13.8. The smallest absolute Gasteiger partial charge is 0.408 e. The zero-order chi connectivity index (χ0) is 42.0. The Hall–Kier alpha value is -5.85. The number of carbonyl (C=O) groups excluding carboxylic acids is 6. The lowest BCUT2D eigenvalue weighted by atomic mass is 9.90. The van der Waals surface area contributed by atoms with Gasteiger partial charge in [-0.2, -0.15) is 5.10 Å². The van der Waals surface area contributed by atoms with E-state index < -0.39 is 35.5 Å². The molecule has 0 radical (unpaired) electrons. The predicted octanol–water partition coefficient (Wildman–Crippen LogP) is 6.05. The number of ketones is 2. The van der Waals surface area contributed by atoms with Crippen molar-refractivity contribution < 1.29 is 33.5 Å². The molecule has 13 nitrogen and oxygen atoms in total. The second kappa shape index (κ2) is 19.5. The third kappa shape index (κ3) is 12.3. The molecule has 13 heteroatoms. The minimum absolute atomic E-state index is 0.0237. The number of nitrogens with zero attached hydrogens (tertiary/aromatic N) is 3. The SMILES string of the molecule is CC(C)CC(NC(=O)C(CC(=O)CNC(=O)OC(C)(C)C)Cc1ccccc1)C(=O)CCC(=O)N1CCC[C@H](c2ccc(-n3cc4cccc(C(N)=O)c4n3)cc2)C1. The molecular weight excluding hydrogens is 737 g/mol. The zero-order valence-electron chi connectivity index (χ0n) is 34.2. The minimum Gasteiger partial charge on any atom is -0.444 e. The summed E-state index contributed by atoms with van der Waals surface area (Å²) in [5, 5.41) is 10.8. The number of hydrogen-bond donors (Lipinski definition) is 3. The molecule has 1 aromatic heterocycles. The van der Waals surface area contributed by atoms with Gasteiger partial charge in [-0.15, -0.1) is 0 Å². The highest BCUT2D eigenvalue weighted by Crippen LogP contribution is 2.29. The first-order chi connectivity index (χ1) is 27.6. The Morgan fingerprint density at radius 3 is 2.33 bits per heavy atom. The Morgan fingerprint density at radius 2 is 1.66 bits per heavy atom. The molecule has 2 heterocycles. The molecule has 0 aliphatic carbocycles. The Kier molecular flexibility index (Phi) is 14.6. The van der Waals surface area contributed by atoms with Gasteiger partial charge in [-0.25, -0.2) is 9.48 Å². The van der Waals surface area contributed by atoms with Crippen LogP contribution in [0.1, 0.15) is 101 Å². The van der Waals surface area contributed by atoms with Gasteiger partial charge in [0, 0.05) is 55.8 Å². The van der Waals surface area contributed by atoms with E-state index in [2.05, 4.69) is 15.7 Å². The fourth-order valence-electron chi connectivity index (χ4n) is 7.33. The van der Waals surface area contributed by atoms with Crippen molar-refractivity contribution in [2.75, 3.05) is 19.6 Å². The van der Waals surface area contributed by atoms with E-state index in [9.17, 15) is 28.8 Å². The van der Waals surface area contributed by atoms with E-state index in [0.29, 0.717) is 30.6 Å². The van der Waals surface area contributed by atoms with Gasteiger partial charge in [0.25, 0.3) is 5.91 Å². The summed E-state index contributed by atoms with van der Waals surface area (Å²) in [5.41, 5.74) is 8.51. The maximum Gasteiger partial charge on any atom is 0.408 e. The number of nitrogens with one attached hydrogen (secondary N) is 2. The van der Waals surface area contributed by atoms with Gasteiger partial charge < -0.3 is 26.0 Å². The van der Waals surface area contributed by atoms with E-state index in [-0.39, 0.29) is 61.5 Å². The first-order valence-corrected chi connectivity index (χ1v) is 20.1. The number of primary amides is 1. The normalized spacial score (nSPS) is 15.4. The lowest BCUT2D eigenvalue weighted by Gasteiger charge is -2.33. The van der Waals surface area contributed by atoms with Crippen LogP contribution in [-0.4, -0.2) is 81.3 Å². The van der Waals surface area contributed by atoms with Gasteiger partial charge in [0.05, 0.1) is 23.8 Å². The summed E-state index contributed by atoms with van der Waals surface area (Å²) >= 11 is 0. The van der Waals surface area contributed by atoms with E-state index in [4.69, 9.17) is 10.5 Å². The van der Waals surface area contributed by atoms with Gasteiger partial charge in [-0.3, -0.25) is 24.0 Å². The highest BCUT2D eigenvalue weighted by molar-refractivity contribution is 6.04. The molecule has 3 atom stereocenters. The number of nitrogens with two attached hydrogens (primary N) is 1. The van der Waals surface area contributed by atoms with Crippen molar-refractivity contribution in [2.24, 2.45) is 17.6 Å². The molecule has 0 saturated carbocycles. The van der Waals surface area contributed by atoms with Crippen LogP contribution in [0.3, 0.4) is 0 Å². The number of piperidine rings is 1. The van der Waals surface area contributed by atoms with Crippen molar-refractivity contribution in [1.29, 1.82) is 0 Å². The molecular formula is C45H56N6O7. The number of hydrogen-bond acceptors (Lipinski definition) is 8. The third-order valence-electron chi connectivity index (χ3n) is 10.2. The Labute approximate surface area is 340 Å². The molecule has 4 N–H and O–H groups in total. The fraction of sp³-hybridized carbons (Fsp3) is 0.444. The van der Waals surface area contributed by atoms with Crippen molar-refractivity contribution in [2.45, 2.75) is 97.1 Å². The largest absolute Gasteiger partial charge is 0.444 e. The summed E-state index contributed by atoms with van der Waals surface area (Å²) in [4.78, 5) is 79.9. The first-order valence-electron chi connectivity index (χ1n) is 20.1. The Bertz CT molecular complexity index is 2090. The Morgan fingerprint density at radius 1 is 0.931 bits per heavy atom. The zero-order valence-corrected chi connectivity index (χ0v) is 34.2. The van der Waals surface area contributed by atoms with Crippen LogP contribution in [0.5, 0.6) is 0 Å². The molecule has 2 unspecified atom stereocenters. The molecule has 308 valence electrons. The van der Waals surface area contributed by atoms with Crippen molar-refractivity contribution in [3.63, 3.8) is 0 Å². The second-order valence-corrected chi connectivity index (χ2v) is 16.6. The minimum atomic E-state index is -0.823. The summed E-state index contributed by atoms with van der Waals surface area (Å²) in [6.07, 6.45) is 3.39. The summed E-state index contributed by atoms with van der Waals surface area (Å²) in [5.74, 6) is -2.23. The number of ether oxygens (including phenoxy) is 1. The van der Waals surface area contributed by atoms with Crippen molar-refractivity contribution in [1.82, 2.24) is 25.3 Å². The summed E-state index contributed by atoms with van der Waals surface area (Å²) in [6, 6.07) is 21.8. The molecule has 0 spiro atoms. The topological polar surface area (TPSA) is 183 Å². The molecule has 3 aromatic carbocycles. The monoisotopic (exact) mass is 792 g/mol. The van der Waals surface area contributed by atoms with Crippen LogP contribution in [-0.2, 0) is 30.3 Å². The maximum atomic E-state index is 13.8. The van der Waals surface area contributed by atoms with Crippen LogP contribution in [0.2, 0.25) is 0 Å². The van der Waals surface area contributed by atoms with Crippen LogP contribution in [0.15, 0.2) is 79.0 Å². The number of Topliss-reactive ketones (excluding diaryl/α,β-unsaturated/α-hetero) is 2. The molecule has 4 aromatic rings. The van der Waals surface area contributed by atoms with Crippen LogP contribution in [0.4, 0.5) is 4.79 Å². The Balaban J connectivity index is 1.18. The average Bonchev–Trinajstić information content (AvgIpc) is 3.63. The van der Waals surface area contributed by atoms with E-state index in [1.54, 1.807) is 37.6 Å². The third-order valence-corrected chi connectivity index (χ3v) is 10.2. The van der Waals surface area contributed by atoms with Crippen molar-refractivity contribution in [3.8, 4) is 5.69 Å². The lowest BCUT2D eigenvalue weighted by molar-refractivity contribution is -0.135. The number of fused-ring (bicyclic) bond motifs is 1. The first kappa shape index (κ1) is 43.3. The fourth-order valence-corrected chi connectivity index (χ4v) is 7.33. The highest BCUT2D eigenvalue weighted by atomic mass is 16.6. The number of amides is 4. The van der Waals surface area contributed by atoms with Gasteiger partial charge in [0.1, 0.15) is 11.1 Å². The number of alkyl carbamates (subject to hydrolysis) is 1. The molecule has 1 fully saturated rings. The summed E-state index contributed by atoms with van der Waals surface area (Å²) in [7, 11) is 0. The van der Waals surface area contributed by atoms with Gasteiger partial charge in [-0.05, 0) is 81.7 Å². The molecule has 5 rings (SSSR count). The van der Waals surface area contributed by atoms with Gasteiger partial charge in [0.15, 0.2) is 11.6 Å². The standard InChI is InChI=1S/C45H56N6O7/c1-29(2)23-38(48-43(56)34(24-30-11-7-6-8-12-30)25-36(52)26-47-44(57)58-45(3,4)5)39(53)20-21-40(54)50-22-10-14-32(27-50)31-16-18-35(19-17-31)51-28-33-13-9-15-37(42(46)55)41(33)49-51/h6-9,11-13,15-19,28-29,32,34,38H,10,14,20-27H2,1-5H3,(H2,46,55)(H,47,57)(H,48,56)/t32-,34?,38?/m0/s1. The van der Waals surface area contributed by atoms with Crippen LogP contribution in [0.25, 0.3) is 16.6 Å². The van der Waals surface area contributed by atoms with Gasteiger partial charge in [0.2, 0.25) is 11.8 Å². The summed E-state index contributed by atoms with van der Waals surface area (Å²) < 4.78 is 6.95. The second-order valence-electron chi connectivity index (χ2n) is 16.6. The molecule has 4 amide bonds. The van der Waals surface area contributed by atoms with Gasteiger partial charge in [-0.1, -0.05) is 68.4 Å².